The first kappa shape index (κ1) is 12.4. The molecule has 3 rings (SSSR count). The highest BCUT2D eigenvalue weighted by atomic mass is 35.5. The van der Waals surface area contributed by atoms with E-state index in [9.17, 15) is 4.79 Å². The van der Waals surface area contributed by atoms with Gasteiger partial charge in [0.2, 0.25) is 0 Å². The van der Waals surface area contributed by atoms with Gasteiger partial charge in [-0.15, -0.1) is 0 Å². The number of carbonyl (C=O) groups excluding carboxylic acids is 1. The van der Waals surface area contributed by atoms with Crippen molar-refractivity contribution in [3.05, 3.63) is 57.3 Å². The minimum absolute atomic E-state index is 0.0807. The Morgan fingerprint density at radius 1 is 1.37 bits per heavy atom. The standard InChI is InChI=1S/C14H11ClN2OS/c15-10-4-3-9-5-7-17(12(9)8-10)14(18)11-2-1-6-16-13(11)19/h1-4,6,8H,5,7H2,(H,16,19). The highest BCUT2D eigenvalue weighted by molar-refractivity contribution is 7.71. The predicted octanol–water partition coefficient (Wildman–Crippen LogP) is 3.60. The van der Waals surface area contributed by atoms with Crippen molar-refractivity contribution in [3.63, 3.8) is 0 Å². The zero-order chi connectivity index (χ0) is 13.4. The summed E-state index contributed by atoms with van der Waals surface area (Å²) in [6, 6.07) is 9.17. The number of rotatable bonds is 1. The Morgan fingerprint density at radius 3 is 3.00 bits per heavy atom. The molecule has 1 aromatic carbocycles. The second kappa shape index (κ2) is 4.79. The number of H-pyrrole nitrogens is 1. The summed E-state index contributed by atoms with van der Waals surface area (Å²) in [6.07, 6.45) is 2.56. The topological polar surface area (TPSA) is 36.1 Å². The van der Waals surface area contributed by atoms with E-state index in [1.807, 2.05) is 18.2 Å². The molecule has 1 aliphatic rings. The number of benzene rings is 1. The van der Waals surface area contributed by atoms with E-state index in [0.717, 1.165) is 17.7 Å². The van der Waals surface area contributed by atoms with Gasteiger partial charge >= 0.3 is 0 Å². The van der Waals surface area contributed by atoms with E-state index in [2.05, 4.69) is 4.98 Å². The molecule has 0 saturated heterocycles. The Kier molecular flexibility index (Phi) is 3.12. The quantitative estimate of drug-likeness (QED) is 0.815. The molecule has 1 aliphatic heterocycles. The lowest BCUT2D eigenvalue weighted by molar-refractivity contribution is 0.0988. The lowest BCUT2D eigenvalue weighted by Gasteiger charge is -2.17. The first-order valence-corrected chi connectivity index (χ1v) is 6.73. The largest absolute Gasteiger partial charge is 0.352 e. The van der Waals surface area contributed by atoms with Crippen LogP contribution in [-0.4, -0.2) is 17.4 Å². The maximum atomic E-state index is 12.5. The van der Waals surface area contributed by atoms with E-state index in [-0.39, 0.29) is 5.91 Å². The molecule has 1 amide bonds. The van der Waals surface area contributed by atoms with Gasteiger partial charge in [0.1, 0.15) is 4.64 Å². The second-order valence-corrected chi connectivity index (χ2v) is 5.24. The molecular weight excluding hydrogens is 280 g/mol. The van der Waals surface area contributed by atoms with Crippen LogP contribution in [0.4, 0.5) is 5.69 Å². The molecule has 3 nitrogen and oxygen atoms in total. The molecule has 0 fully saturated rings. The third-order valence-corrected chi connectivity index (χ3v) is 3.81. The van der Waals surface area contributed by atoms with E-state index in [1.165, 1.54) is 0 Å². The first-order chi connectivity index (χ1) is 9.16. The van der Waals surface area contributed by atoms with Crippen molar-refractivity contribution in [3.8, 4) is 0 Å². The number of amides is 1. The van der Waals surface area contributed by atoms with Crippen LogP contribution in [0.25, 0.3) is 0 Å². The van der Waals surface area contributed by atoms with Gasteiger partial charge in [-0.1, -0.05) is 29.9 Å². The Bertz CT molecular complexity index is 711. The summed E-state index contributed by atoms with van der Waals surface area (Å²) in [5, 5.41) is 0.636. The maximum Gasteiger partial charge on any atom is 0.261 e. The molecule has 0 unspecified atom stereocenters. The maximum absolute atomic E-state index is 12.5. The number of carbonyl (C=O) groups is 1. The van der Waals surface area contributed by atoms with Crippen LogP contribution >= 0.6 is 23.8 Å². The van der Waals surface area contributed by atoms with Crippen molar-refractivity contribution in [1.82, 2.24) is 4.98 Å². The van der Waals surface area contributed by atoms with Gasteiger partial charge in [-0.3, -0.25) is 4.79 Å². The number of pyridine rings is 1. The Labute approximate surface area is 120 Å². The van der Waals surface area contributed by atoms with E-state index < -0.39 is 0 Å². The van der Waals surface area contributed by atoms with Crippen molar-refractivity contribution in [2.75, 3.05) is 11.4 Å². The normalized spacial score (nSPS) is 13.4. The summed E-state index contributed by atoms with van der Waals surface area (Å²) in [7, 11) is 0. The average molecular weight is 291 g/mol. The number of fused-ring (bicyclic) bond motifs is 1. The Balaban J connectivity index is 2.03. The van der Waals surface area contributed by atoms with Gasteiger partial charge < -0.3 is 9.88 Å². The lowest BCUT2D eigenvalue weighted by atomic mass is 10.2. The van der Waals surface area contributed by atoms with Gasteiger partial charge in [0.05, 0.1) is 5.56 Å². The van der Waals surface area contributed by atoms with Gasteiger partial charge in [0, 0.05) is 23.5 Å². The number of aromatic nitrogens is 1. The number of hydrogen-bond donors (Lipinski definition) is 1. The molecule has 1 aromatic heterocycles. The zero-order valence-corrected chi connectivity index (χ0v) is 11.6. The van der Waals surface area contributed by atoms with Crippen LogP contribution in [0.1, 0.15) is 15.9 Å². The molecule has 5 heteroatoms. The van der Waals surface area contributed by atoms with Crippen LogP contribution in [0.15, 0.2) is 36.5 Å². The third kappa shape index (κ3) is 2.17. The average Bonchev–Trinajstić information content (AvgIpc) is 2.81. The third-order valence-electron chi connectivity index (χ3n) is 3.24. The van der Waals surface area contributed by atoms with E-state index in [0.29, 0.717) is 21.8 Å². The number of nitrogens with zero attached hydrogens (tertiary/aromatic N) is 1. The highest BCUT2D eigenvalue weighted by Crippen LogP contribution is 2.31. The summed E-state index contributed by atoms with van der Waals surface area (Å²) in [4.78, 5) is 17.2. The van der Waals surface area contributed by atoms with Gasteiger partial charge in [0.25, 0.3) is 5.91 Å². The molecule has 1 N–H and O–H groups in total. The van der Waals surface area contributed by atoms with Gasteiger partial charge in [-0.2, -0.15) is 0 Å². The molecule has 0 atom stereocenters. The van der Waals surface area contributed by atoms with Gasteiger partial charge in [-0.05, 0) is 36.2 Å². The molecule has 0 saturated carbocycles. The summed E-state index contributed by atoms with van der Waals surface area (Å²) >= 11 is 11.2. The molecule has 19 heavy (non-hydrogen) atoms. The lowest BCUT2D eigenvalue weighted by Crippen LogP contribution is -2.29. The van der Waals surface area contributed by atoms with Crippen molar-refractivity contribution >= 4 is 35.4 Å². The van der Waals surface area contributed by atoms with Crippen molar-refractivity contribution in [2.45, 2.75) is 6.42 Å². The van der Waals surface area contributed by atoms with E-state index in [1.54, 1.807) is 23.2 Å². The molecule has 96 valence electrons. The number of hydrogen-bond acceptors (Lipinski definition) is 2. The highest BCUT2D eigenvalue weighted by Gasteiger charge is 2.26. The van der Waals surface area contributed by atoms with Gasteiger partial charge in [-0.25, -0.2) is 0 Å². The van der Waals surface area contributed by atoms with E-state index in [4.69, 9.17) is 23.8 Å². The monoisotopic (exact) mass is 290 g/mol. The van der Waals surface area contributed by atoms with Crippen molar-refractivity contribution < 1.29 is 4.79 Å². The van der Waals surface area contributed by atoms with E-state index >= 15 is 0 Å². The van der Waals surface area contributed by atoms with Crippen LogP contribution in [0.3, 0.4) is 0 Å². The fourth-order valence-electron chi connectivity index (χ4n) is 2.30. The van der Waals surface area contributed by atoms with Crippen molar-refractivity contribution in [1.29, 1.82) is 0 Å². The smallest absolute Gasteiger partial charge is 0.261 e. The minimum atomic E-state index is -0.0807. The van der Waals surface area contributed by atoms with Crippen LogP contribution in [-0.2, 0) is 6.42 Å². The molecule has 2 heterocycles. The number of anilines is 1. The van der Waals surface area contributed by atoms with Crippen molar-refractivity contribution in [2.24, 2.45) is 0 Å². The van der Waals surface area contributed by atoms with Crippen LogP contribution in [0.5, 0.6) is 0 Å². The Hall–Kier alpha value is -1.65. The summed E-state index contributed by atoms with van der Waals surface area (Å²) in [6.45, 7) is 0.665. The SMILES string of the molecule is O=C(c1ccc[nH]c1=S)N1CCc2ccc(Cl)cc21. The fraction of sp³-hybridized carbons (Fsp3) is 0.143. The molecule has 0 radical (unpaired) electrons. The summed E-state index contributed by atoms with van der Waals surface area (Å²) in [5.74, 6) is -0.0807. The van der Waals surface area contributed by atoms with Crippen LogP contribution in [0, 0.1) is 4.64 Å². The minimum Gasteiger partial charge on any atom is -0.352 e. The number of nitrogens with one attached hydrogen (secondary N) is 1. The van der Waals surface area contributed by atoms with Crippen LogP contribution < -0.4 is 4.90 Å². The fourth-order valence-corrected chi connectivity index (χ4v) is 2.69. The molecular formula is C14H11ClN2OS. The molecule has 2 aromatic rings. The second-order valence-electron chi connectivity index (χ2n) is 4.39. The number of halogens is 1. The van der Waals surface area contributed by atoms with Gasteiger partial charge in [0.15, 0.2) is 0 Å². The zero-order valence-electron chi connectivity index (χ0n) is 10.0. The van der Waals surface area contributed by atoms with Crippen LogP contribution in [0.2, 0.25) is 5.02 Å². The predicted molar refractivity (Wildman–Crippen MR) is 78.5 cm³/mol. The molecule has 0 bridgehead atoms. The summed E-state index contributed by atoms with van der Waals surface area (Å²) < 4.78 is 0.461. The summed E-state index contributed by atoms with van der Waals surface area (Å²) in [5.41, 5.74) is 2.55. The molecule has 0 spiro atoms. The first-order valence-electron chi connectivity index (χ1n) is 5.95. The number of aromatic amines is 1. The Morgan fingerprint density at radius 2 is 2.21 bits per heavy atom. The molecule has 0 aliphatic carbocycles.